The van der Waals surface area contributed by atoms with Gasteiger partial charge in [-0.2, -0.15) is 0 Å². The van der Waals surface area contributed by atoms with Gasteiger partial charge in [-0.15, -0.1) is 0 Å². The van der Waals surface area contributed by atoms with Gasteiger partial charge in [-0.3, -0.25) is 4.79 Å². The minimum absolute atomic E-state index is 0.249. The number of aromatic nitrogens is 2. The summed E-state index contributed by atoms with van der Waals surface area (Å²) in [5.74, 6) is -0.249. The number of pyridine rings is 1. The van der Waals surface area contributed by atoms with Gasteiger partial charge in [0, 0.05) is 16.1 Å². The third kappa shape index (κ3) is 2.61. The van der Waals surface area contributed by atoms with Crippen LogP contribution in [0.25, 0.3) is 11.0 Å². The first-order valence-corrected chi connectivity index (χ1v) is 6.59. The molecule has 2 aromatic heterocycles. The Kier molecular flexibility index (Phi) is 3.34. The van der Waals surface area contributed by atoms with Crippen molar-refractivity contribution in [1.82, 2.24) is 9.97 Å². The summed E-state index contributed by atoms with van der Waals surface area (Å²) in [4.78, 5) is 19.2. The molecule has 0 spiro atoms. The molecule has 1 aromatic carbocycles. The van der Waals surface area contributed by atoms with Crippen LogP contribution in [0.2, 0.25) is 10.2 Å². The maximum absolute atomic E-state index is 12.1. The van der Waals surface area contributed by atoms with E-state index in [4.69, 9.17) is 23.2 Å². The molecule has 3 rings (SSSR count). The van der Waals surface area contributed by atoms with Gasteiger partial charge in [-0.05, 0) is 42.5 Å². The molecule has 0 fully saturated rings. The number of rotatable bonds is 2. The fourth-order valence-electron chi connectivity index (χ4n) is 1.84. The fourth-order valence-corrected chi connectivity index (χ4v) is 2.11. The van der Waals surface area contributed by atoms with Gasteiger partial charge in [-0.25, -0.2) is 4.98 Å². The van der Waals surface area contributed by atoms with E-state index in [0.29, 0.717) is 27.2 Å². The zero-order valence-electron chi connectivity index (χ0n) is 10.2. The van der Waals surface area contributed by atoms with Crippen molar-refractivity contribution in [1.29, 1.82) is 0 Å². The molecular formula is C14H9Cl2N3O. The van der Waals surface area contributed by atoms with Gasteiger partial charge in [0.15, 0.2) is 0 Å². The first kappa shape index (κ1) is 13.0. The van der Waals surface area contributed by atoms with Crippen LogP contribution in [0, 0.1) is 0 Å². The Morgan fingerprint density at radius 3 is 2.60 bits per heavy atom. The van der Waals surface area contributed by atoms with Crippen LogP contribution in [0.1, 0.15) is 10.5 Å². The molecule has 0 unspecified atom stereocenters. The second-order valence-electron chi connectivity index (χ2n) is 4.22. The number of hydrogen-bond acceptors (Lipinski definition) is 2. The van der Waals surface area contributed by atoms with E-state index in [1.165, 1.54) is 0 Å². The van der Waals surface area contributed by atoms with Gasteiger partial charge in [0.1, 0.15) is 16.5 Å². The first-order valence-electron chi connectivity index (χ1n) is 5.84. The zero-order valence-corrected chi connectivity index (χ0v) is 11.7. The largest absolute Gasteiger partial charge is 0.335 e. The number of hydrogen-bond donors (Lipinski definition) is 2. The molecule has 0 radical (unpaired) electrons. The molecule has 100 valence electrons. The molecule has 0 bridgehead atoms. The summed E-state index contributed by atoms with van der Waals surface area (Å²) < 4.78 is 0. The lowest BCUT2D eigenvalue weighted by Crippen LogP contribution is -2.12. The molecule has 2 heterocycles. The van der Waals surface area contributed by atoms with Gasteiger partial charge >= 0.3 is 0 Å². The van der Waals surface area contributed by atoms with E-state index < -0.39 is 0 Å². The molecule has 3 aromatic rings. The minimum Gasteiger partial charge on any atom is -0.335 e. The number of carbonyl (C=O) groups excluding carboxylic acids is 1. The molecule has 0 saturated heterocycles. The second kappa shape index (κ2) is 5.15. The summed E-state index contributed by atoms with van der Waals surface area (Å²) in [6.07, 6.45) is 0. The number of nitrogens with one attached hydrogen (secondary N) is 2. The lowest BCUT2D eigenvalue weighted by molar-refractivity contribution is 0.102. The predicted molar refractivity (Wildman–Crippen MR) is 80.5 cm³/mol. The fraction of sp³-hybridized carbons (Fsp3) is 0. The lowest BCUT2D eigenvalue weighted by atomic mass is 10.3. The van der Waals surface area contributed by atoms with Crippen LogP contribution in [0.5, 0.6) is 0 Å². The van der Waals surface area contributed by atoms with E-state index in [9.17, 15) is 4.79 Å². The number of amides is 1. The van der Waals surface area contributed by atoms with Crippen LogP contribution in [-0.2, 0) is 0 Å². The van der Waals surface area contributed by atoms with Gasteiger partial charge in [0.05, 0.1) is 0 Å². The van der Waals surface area contributed by atoms with E-state index in [0.717, 1.165) is 5.39 Å². The number of benzene rings is 1. The molecule has 6 heteroatoms. The van der Waals surface area contributed by atoms with E-state index in [-0.39, 0.29) is 5.91 Å². The van der Waals surface area contributed by atoms with E-state index in [1.807, 2.05) is 0 Å². The van der Waals surface area contributed by atoms with Crippen LogP contribution < -0.4 is 5.32 Å². The molecule has 1 amide bonds. The van der Waals surface area contributed by atoms with Crippen molar-refractivity contribution in [2.45, 2.75) is 0 Å². The van der Waals surface area contributed by atoms with Crippen LogP contribution in [0.3, 0.4) is 0 Å². The molecule has 0 atom stereocenters. The average molecular weight is 306 g/mol. The number of anilines is 1. The second-order valence-corrected chi connectivity index (χ2v) is 5.04. The molecule has 0 aliphatic rings. The third-order valence-electron chi connectivity index (χ3n) is 2.79. The molecule has 0 saturated carbocycles. The van der Waals surface area contributed by atoms with Crippen molar-refractivity contribution in [3.05, 3.63) is 58.3 Å². The van der Waals surface area contributed by atoms with E-state index >= 15 is 0 Å². The van der Waals surface area contributed by atoms with Gasteiger partial charge in [0.2, 0.25) is 0 Å². The molecule has 2 N–H and O–H groups in total. The number of carbonyl (C=O) groups is 1. The Balaban J connectivity index is 1.86. The molecule has 4 nitrogen and oxygen atoms in total. The molecular weight excluding hydrogens is 297 g/mol. The topological polar surface area (TPSA) is 57.8 Å². The van der Waals surface area contributed by atoms with Crippen LogP contribution in [0.4, 0.5) is 5.69 Å². The third-order valence-corrected chi connectivity index (χ3v) is 3.25. The lowest BCUT2D eigenvalue weighted by Gasteiger charge is -2.03. The number of H-pyrrole nitrogens is 1. The molecule has 20 heavy (non-hydrogen) atoms. The van der Waals surface area contributed by atoms with Crippen molar-refractivity contribution in [3.63, 3.8) is 0 Å². The minimum atomic E-state index is -0.249. The smallest absolute Gasteiger partial charge is 0.272 e. The van der Waals surface area contributed by atoms with Gasteiger partial charge in [0.25, 0.3) is 5.91 Å². The summed E-state index contributed by atoms with van der Waals surface area (Å²) in [5.41, 5.74) is 1.67. The normalized spacial score (nSPS) is 10.7. The average Bonchev–Trinajstić information content (AvgIpc) is 2.84. The Labute approximate surface area is 124 Å². The number of fused-ring (bicyclic) bond motifs is 1. The quantitative estimate of drug-likeness (QED) is 0.700. The highest BCUT2D eigenvalue weighted by Gasteiger charge is 2.10. The summed E-state index contributed by atoms with van der Waals surface area (Å²) in [5, 5.41) is 4.60. The summed E-state index contributed by atoms with van der Waals surface area (Å²) in [6.45, 7) is 0. The first-order chi connectivity index (χ1) is 9.61. The Bertz CT molecular complexity index is 781. The Morgan fingerprint density at radius 1 is 1.10 bits per heavy atom. The summed E-state index contributed by atoms with van der Waals surface area (Å²) in [6, 6.07) is 12.1. The Morgan fingerprint density at radius 2 is 1.85 bits per heavy atom. The van der Waals surface area contributed by atoms with Gasteiger partial charge in [-0.1, -0.05) is 23.2 Å². The maximum Gasteiger partial charge on any atom is 0.272 e. The number of halogens is 2. The van der Waals surface area contributed by atoms with Crippen molar-refractivity contribution < 1.29 is 4.79 Å². The highest BCUT2D eigenvalue weighted by Crippen LogP contribution is 2.18. The zero-order chi connectivity index (χ0) is 14.1. The maximum atomic E-state index is 12.1. The monoisotopic (exact) mass is 305 g/mol. The van der Waals surface area contributed by atoms with Crippen molar-refractivity contribution in [2.75, 3.05) is 5.32 Å². The SMILES string of the molecule is O=C(Nc1ccc(Cl)cc1)c1cc2ccc(Cl)nc2[nH]1. The Hall–Kier alpha value is -2.04. The van der Waals surface area contributed by atoms with Crippen molar-refractivity contribution in [2.24, 2.45) is 0 Å². The molecule has 0 aliphatic heterocycles. The molecule has 0 aliphatic carbocycles. The highest BCUT2D eigenvalue weighted by atomic mass is 35.5. The number of nitrogens with zero attached hydrogens (tertiary/aromatic N) is 1. The van der Waals surface area contributed by atoms with Crippen LogP contribution in [0.15, 0.2) is 42.5 Å². The standard InChI is InChI=1S/C14H9Cl2N3O/c15-9-2-4-10(5-3-9)17-14(20)11-7-8-1-6-12(16)19-13(8)18-11/h1-7H,(H,17,20)(H,18,19). The van der Waals surface area contributed by atoms with Crippen LogP contribution >= 0.6 is 23.2 Å². The summed E-state index contributed by atoms with van der Waals surface area (Å²) in [7, 11) is 0. The van der Waals surface area contributed by atoms with E-state index in [1.54, 1.807) is 42.5 Å². The van der Waals surface area contributed by atoms with Crippen molar-refractivity contribution >= 4 is 45.8 Å². The van der Waals surface area contributed by atoms with Crippen molar-refractivity contribution in [3.8, 4) is 0 Å². The number of aromatic amines is 1. The van der Waals surface area contributed by atoms with E-state index in [2.05, 4.69) is 15.3 Å². The summed E-state index contributed by atoms with van der Waals surface area (Å²) >= 11 is 11.6. The van der Waals surface area contributed by atoms with Gasteiger partial charge < -0.3 is 10.3 Å². The highest BCUT2D eigenvalue weighted by molar-refractivity contribution is 6.30. The van der Waals surface area contributed by atoms with Crippen LogP contribution in [-0.4, -0.2) is 15.9 Å². The predicted octanol–water partition coefficient (Wildman–Crippen LogP) is 4.12.